The first-order valence-electron chi connectivity index (χ1n) is 9.98. The Labute approximate surface area is 153 Å². The lowest BCUT2D eigenvalue weighted by Gasteiger charge is -2.30. The maximum atomic E-state index is 12.1. The van der Waals surface area contributed by atoms with Gasteiger partial charge in [0.2, 0.25) is 5.91 Å². The van der Waals surface area contributed by atoms with Crippen LogP contribution in [-0.4, -0.2) is 74.0 Å². The molecule has 0 aromatic carbocycles. The zero-order valence-corrected chi connectivity index (χ0v) is 16.6. The Morgan fingerprint density at radius 1 is 1.20 bits per heavy atom. The van der Waals surface area contributed by atoms with Crippen LogP contribution in [-0.2, 0) is 4.79 Å². The van der Waals surface area contributed by atoms with Gasteiger partial charge in [-0.3, -0.25) is 9.79 Å². The number of aliphatic imine (C=N–C) groups is 1. The zero-order valence-electron chi connectivity index (χ0n) is 16.6. The van der Waals surface area contributed by atoms with Crippen LogP contribution in [0.15, 0.2) is 4.99 Å². The number of carbonyl (C=O) groups excluding carboxylic acids is 1. The largest absolute Gasteiger partial charge is 0.356 e. The van der Waals surface area contributed by atoms with Crippen LogP contribution in [0.5, 0.6) is 0 Å². The van der Waals surface area contributed by atoms with Gasteiger partial charge < -0.3 is 20.4 Å². The van der Waals surface area contributed by atoms with E-state index in [0.29, 0.717) is 6.04 Å². The average Bonchev–Trinajstić information content (AvgIpc) is 3.06. The smallest absolute Gasteiger partial charge is 0.225 e. The van der Waals surface area contributed by atoms with Crippen LogP contribution in [0.3, 0.4) is 0 Å². The molecule has 25 heavy (non-hydrogen) atoms. The number of likely N-dealkylation sites (tertiary alicyclic amines) is 2. The summed E-state index contributed by atoms with van der Waals surface area (Å²) in [6, 6.07) is 0.303. The molecule has 2 aliphatic rings. The number of nitrogens with one attached hydrogen (secondary N) is 2. The lowest BCUT2D eigenvalue weighted by molar-refractivity contribution is -0.133. The molecular formula is C19H37N5O. The minimum atomic E-state index is 0.0777. The van der Waals surface area contributed by atoms with Gasteiger partial charge in [-0.15, -0.1) is 0 Å². The van der Waals surface area contributed by atoms with Crippen LogP contribution in [0.25, 0.3) is 0 Å². The van der Waals surface area contributed by atoms with Crippen molar-refractivity contribution in [2.75, 3.05) is 46.3 Å². The van der Waals surface area contributed by atoms with Crippen molar-refractivity contribution in [3.8, 4) is 0 Å². The first-order chi connectivity index (χ1) is 12.0. The van der Waals surface area contributed by atoms with E-state index in [-0.39, 0.29) is 11.8 Å². The maximum Gasteiger partial charge on any atom is 0.225 e. The minimum absolute atomic E-state index is 0.0777. The number of piperidine rings is 1. The normalized spacial score (nSPS) is 23.3. The van der Waals surface area contributed by atoms with Crippen LogP contribution in [0.4, 0.5) is 0 Å². The molecule has 1 amide bonds. The minimum Gasteiger partial charge on any atom is -0.356 e. The Morgan fingerprint density at radius 3 is 2.56 bits per heavy atom. The Bertz CT molecular complexity index is 443. The van der Waals surface area contributed by atoms with Crippen molar-refractivity contribution in [2.24, 2.45) is 16.8 Å². The number of nitrogens with zero attached hydrogens (tertiary/aromatic N) is 3. The first kappa shape index (κ1) is 20.0. The fourth-order valence-corrected chi connectivity index (χ4v) is 3.63. The van der Waals surface area contributed by atoms with Crippen LogP contribution >= 0.6 is 0 Å². The summed E-state index contributed by atoms with van der Waals surface area (Å²) in [7, 11) is 1.81. The fraction of sp³-hybridized carbons (Fsp3) is 0.895. The second kappa shape index (κ2) is 10.00. The number of guanidine groups is 1. The van der Waals surface area contributed by atoms with Crippen molar-refractivity contribution in [3.63, 3.8) is 0 Å². The van der Waals surface area contributed by atoms with Crippen LogP contribution < -0.4 is 10.6 Å². The van der Waals surface area contributed by atoms with E-state index >= 15 is 0 Å². The quantitative estimate of drug-likeness (QED) is 0.433. The third-order valence-electron chi connectivity index (χ3n) is 5.38. The molecule has 2 aliphatic heterocycles. The lowest BCUT2D eigenvalue weighted by Crippen LogP contribution is -2.46. The molecule has 2 heterocycles. The molecule has 2 rings (SSSR count). The molecule has 144 valence electrons. The molecule has 0 bridgehead atoms. The Morgan fingerprint density at radius 2 is 1.92 bits per heavy atom. The summed E-state index contributed by atoms with van der Waals surface area (Å²) in [6.45, 7) is 12.5. The van der Waals surface area contributed by atoms with E-state index < -0.39 is 0 Å². The van der Waals surface area contributed by atoms with Crippen molar-refractivity contribution in [2.45, 2.75) is 52.5 Å². The SMILES string of the molecule is CN=C(NCCCN1CCC(C)CC1)NC1CCN(C(=O)C(C)C)C1. The number of carbonyl (C=O) groups is 1. The van der Waals surface area contributed by atoms with Gasteiger partial charge in [0.25, 0.3) is 0 Å². The molecule has 2 saturated heterocycles. The van der Waals surface area contributed by atoms with Gasteiger partial charge in [0.1, 0.15) is 0 Å². The second-order valence-corrected chi connectivity index (χ2v) is 7.95. The molecule has 0 radical (unpaired) electrons. The van der Waals surface area contributed by atoms with Crippen LogP contribution in [0, 0.1) is 11.8 Å². The molecule has 0 saturated carbocycles. The predicted octanol–water partition coefficient (Wildman–Crippen LogP) is 1.53. The third-order valence-corrected chi connectivity index (χ3v) is 5.38. The van der Waals surface area contributed by atoms with Gasteiger partial charge in [-0.25, -0.2) is 0 Å². The molecule has 2 N–H and O–H groups in total. The molecule has 6 heteroatoms. The summed E-state index contributed by atoms with van der Waals surface area (Å²) >= 11 is 0. The molecule has 1 atom stereocenters. The van der Waals surface area contributed by atoms with E-state index in [9.17, 15) is 4.79 Å². The molecular weight excluding hydrogens is 314 g/mol. The number of amides is 1. The highest BCUT2D eigenvalue weighted by molar-refractivity contribution is 5.81. The van der Waals surface area contributed by atoms with Crippen molar-refractivity contribution in [3.05, 3.63) is 0 Å². The Balaban J connectivity index is 1.62. The second-order valence-electron chi connectivity index (χ2n) is 7.95. The Hall–Kier alpha value is -1.30. The summed E-state index contributed by atoms with van der Waals surface area (Å²) in [4.78, 5) is 20.9. The topological polar surface area (TPSA) is 60.0 Å². The van der Waals surface area contributed by atoms with Gasteiger partial charge in [0.05, 0.1) is 0 Å². The molecule has 0 aromatic rings. The van der Waals surface area contributed by atoms with E-state index in [0.717, 1.165) is 50.9 Å². The molecule has 1 unspecified atom stereocenters. The molecule has 0 aromatic heterocycles. The fourth-order valence-electron chi connectivity index (χ4n) is 3.63. The van der Waals surface area contributed by atoms with E-state index in [2.05, 4.69) is 27.4 Å². The summed E-state index contributed by atoms with van der Waals surface area (Å²) in [5, 5.41) is 6.89. The van der Waals surface area contributed by atoms with Crippen molar-refractivity contribution >= 4 is 11.9 Å². The number of hydrogen-bond donors (Lipinski definition) is 2. The van der Waals surface area contributed by atoms with Gasteiger partial charge >= 0.3 is 0 Å². The maximum absolute atomic E-state index is 12.1. The van der Waals surface area contributed by atoms with Crippen LogP contribution in [0.1, 0.15) is 46.5 Å². The van der Waals surface area contributed by atoms with Crippen LogP contribution in [0.2, 0.25) is 0 Å². The third kappa shape index (κ3) is 6.49. The van der Waals surface area contributed by atoms with E-state index in [1.54, 1.807) is 0 Å². The monoisotopic (exact) mass is 351 g/mol. The molecule has 2 fully saturated rings. The zero-order chi connectivity index (χ0) is 18.2. The summed E-state index contributed by atoms with van der Waals surface area (Å²) in [5.41, 5.74) is 0. The first-order valence-corrected chi connectivity index (χ1v) is 9.98. The average molecular weight is 352 g/mol. The van der Waals surface area contributed by atoms with Crippen molar-refractivity contribution < 1.29 is 4.79 Å². The lowest BCUT2D eigenvalue weighted by atomic mass is 9.99. The highest BCUT2D eigenvalue weighted by Gasteiger charge is 2.27. The van der Waals surface area contributed by atoms with E-state index in [4.69, 9.17) is 0 Å². The van der Waals surface area contributed by atoms with Crippen molar-refractivity contribution in [1.82, 2.24) is 20.4 Å². The summed E-state index contributed by atoms with van der Waals surface area (Å²) in [6.07, 6.45) is 4.80. The van der Waals surface area contributed by atoms with Gasteiger partial charge in [0.15, 0.2) is 5.96 Å². The molecule has 6 nitrogen and oxygen atoms in total. The molecule has 0 aliphatic carbocycles. The van der Waals surface area contributed by atoms with Crippen molar-refractivity contribution in [1.29, 1.82) is 0 Å². The van der Waals surface area contributed by atoms with Gasteiger partial charge in [0, 0.05) is 38.6 Å². The number of hydrogen-bond acceptors (Lipinski definition) is 3. The standard InChI is InChI=1S/C19H37N5O/c1-15(2)18(25)24-13-8-17(14-24)22-19(20-4)21-9-5-10-23-11-6-16(3)7-12-23/h15-17H,5-14H2,1-4H3,(H2,20,21,22). The highest BCUT2D eigenvalue weighted by atomic mass is 16.2. The van der Waals surface area contributed by atoms with E-state index in [1.807, 2.05) is 25.8 Å². The summed E-state index contributed by atoms with van der Waals surface area (Å²) < 4.78 is 0. The molecule has 0 spiro atoms. The summed E-state index contributed by atoms with van der Waals surface area (Å²) in [5.74, 6) is 2.08. The van der Waals surface area contributed by atoms with Gasteiger partial charge in [-0.2, -0.15) is 0 Å². The van der Waals surface area contributed by atoms with Gasteiger partial charge in [-0.1, -0.05) is 20.8 Å². The predicted molar refractivity (Wildman–Crippen MR) is 104 cm³/mol. The van der Waals surface area contributed by atoms with E-state index in [1.165, 1.54) is 25.9 Å². The Kier molecular flexibility index (Phi) is 8.00. The highest BCUT2D eigenvalue weighted by Crippen LogP contribution is 2.15. The van der Waals surface area contributed by atoms with Gasteiger partial charge in [-0.05, 0) is 51.2 Å². The number of rotatable bonds is 6.